The quantitative estimate of drug-likeness (QED) is 0.353. The smallest absolute Gasteiger partial charge is 0.324 e. The number of halogens is 3. The predicted molar refractivity (Wildman–Crippen MR) is 139 cm³/mol. The third-order valence-electron chi connectivity index (χ3n) is 8.12. The van der Waals surface area contributed by atoms with E-state index in [1.807, 2.05) is 29.7 Å². The normalized spacial score (nSPS) is 20.8. The van der Waals surface area contributed by atoms with E-state index in [1.165, 1.54) is 0 Å². The minimum atomic E-state index is -1.21. The summed E-state index contributed by atoms with van der Waals surface area (Å²) in [7, 11) is 0. The molecular formula is C28H31F3N6O2. The molecule has 0 bridgehead atoms. The summed E-state index contributed by atoms with van der Waals surface area (Å²) < 4.78 is 55.6. The summed E-state index contributed by atoms with van der Waals surface area (Å²) in [4.78, 5) is 11.3. The van der Waals surface area contributed by atoms with Crippen LogP contribution in [0.4, 0.5) is 19.2 Å². The van der Waals surface area contributed by atoms with Crippen molar-refractivity contribution in [1.29, 1.82) is 0 Å². The summed E-state index contributed by atoms with van der Waals surface area (Å²) in [6.45, 7) is 6.14. The molecule has 1 saturated heterocycles. The lowest BCUT2D eigenvalue weighted by Crippen LogP contribution is -2.39. The van der Waals surface area contributed by atoms with Gasteiger partial charge in [-0.1, -0.05) is 12.1 Å². The van der Waals surface area contributed by atoms with Crippen molar-refractivity contribution in [2.24, 2.45) is 11.7 Å². The number of nitrogens with zero attached hydrogens (tertiary/aromatic N) is 5. The fourth-order valence-electron chi connectivity index (χ4n) is 5.83. The number of rotatable bonds is 6. The maximum absolute atomic E-state index is 14.5. The summed E-state index contributed by atoms with van der Waals surface area (Å²) >= 11 is 0. The van der Waals surface area contributed by atoms with Crippen LogP contribution in [0.5, 0.6) is 5.75 Å². The first-order valence-electron chi connectivity index (χ1n) is 13.4. The van der Waals surface area contributed by atoms with E-state index < -0.39 is 29.4 Å². The number of ether oxygens (including phenoxy) is 1. The van der Waals surface area contributed by atoms with Gasteiger partial charge in [-0.2, -0.15) is 4.98 Å². The summed E-state index contributed by atoms with van der Waals surface area (Å²) in [5.41, 5.74) is 8.13. The van der Waals surface area contributed by atoms with Crippen LogP contribution in [-0.2, 0) is 19.4 Å². The highest BCUT2D eigenvalue weighted by molar-refractivity contribution is 5.78. The largest absolute Gasteiger partial charge is 0.490 e. The number of fused-ring (bicyclic) bond motifs is 3. The van der Waals surface area contributed by atoms with E-state index in [0.717, 1.165) is 61.0 Å². The van der Waals surface area contributed by atoms with E-state index in [2.05, 4.69) is 22.0 Å². The molecule has 4 aromatic rings. The van der Waals surface area contributed by atoms with Crippen molar-refractivity contribution in [2.75, 3.05) is 18.0 Å². The molecule has 206 valence electrons. The summed E-state index contributed by atoms with van der Waals surface area (Å²) in [5, 5.41) is 3.99. The van der Waals surface area contributed by atoms with Gasteiger partial charge < -0.3 is 24.5 Å². The Morgan fingerprint density at radius 1 is 1.08 bits per heavy atom. The van der Waals surface area contributed by atoms with Gasteiger partial charge in [-0.05, 0) is 49.4 Å². The highest BCUT2D eigenvalue weighted by Crippen LogP contribution is 2.35. The van der Waals surface area contributed by atoms with Gasteiger partial charge in [-0.3, -0.25) is 0 Å². The Hall–Kier alpha value is -3.60. The van der Waals surface area contributed by atoms with E-state index >= 15 is 0 Å². The molecule has 11 heteroatoms. The van der Waals surface area contributed by atoms with Gasteiger partial charge in [0.15, 0.2) is 17.5 Å². The van der Waals surface area contributed by atoms with E-state index in [9.17, 15) is 13.2 Å². The molecule has 2 aliphatic rings. The zero-order valence-corrected chi connectivity index (χ0v) is 21.9. The van der Waals surface area contributed by atoms with Gasteiger partial charge in [-0.25, -0.2) is 18.2 Å². The van der Waals surface area contributed by atoms with Crippen LogP contribution < -0.4 is 15.4 Å². The van der Waals surface area contributed by atoms with Gasteiger partial charge in [0.25, 0.3) is 0 Å². The standard InChI is InChI=1S/C28H31F3N6O2/c1-3-26-34-28(39-35-26)36-8-6-16(7-9-36)15(2)38-17-4-5-25-24(10-17)33-27-12-19(23(32)14-37(25)27)18-11-21(30)22(31)13-20(18)29/h4-5,10-11,13,15-16,19,23H,3,6-9,12,14,32H2,1-2H3/t15-,19+,23-/m0/s1. The second-order valence-corrected chi connectivity index (χ2v) is 10.5. The maximum Gasteiger partial charge on any atom is 0.324 e. The number of aryl methyl sites for hydroxylation is 1. The fourth-order valence-corrected chi connectivity index (χ4v) is 5.83. The number of hydrogen-bond acceptors (Lipinski definition) is 7. The molecule has 4 heterocycles. The molecule has 0 unspecified atom stereocenters. The number of nitrogens with two attached hydrogens (primary N) is 1. The van der Waals surface area contributed by atoms with Crippen molar-refractivity contribution < 1.29 is 22.4 Å². The Labute approximate surface area is 223 Å². The zero-order valence-electron chi connectivity index (χ0n) is 21.9. The number of benzene rings is 2. The van der Waals surface area contributed by atoms with Crippen LogP contribution in [0.3, 0.4) is 0 Å². The molecule has 0 saturated carbocycles. The molecule has 3 atom stereocenters. The van der Waals surface area contributed by atoms with Crippen molar-refractivity contribution in [3.05, 3.63) is 65.0 Å². The number of aromatic nitrogens is 4. The van der Waals surface area contributed by atoms with Gasteiger partial charge in [0.2, 0.25) is 0 Å². The zero-order chi connectivity index (χ0) is 27.3. The summed E-state index contributed by atoms with van der Waals surface area (Å²) in [6.07, 6.45) is 2.97. The molecule has 0 amide bonds. The number of piperidine rings is 1. The molecule has 0 radical (unpaired) electrons. The number of hydrogen-bond donors (Lipinski definition) is 1. The SMILES string of the molecule is CCc1noc(N2CCC([C@H](C)Oc3ccc4c(c3)nc3n4C[C@H](N)[C@@H](c4cc(F)c(F)cc4F)C3)CC2)n1. The highest BCUT2D eigenvalue weighted by Gasteiger charge is 2.32. The summed E-state index contributed by atoms with van der Waals surface area (Å²) in [5.74, 6) is -1.05. The van der Waals surface area contributed by atoms with E-state index in [1.54, 1.807) is 0 Å². The molecular weight excluding hydrogens is 509 g/mol. The Morgan fingerprint density at radius 3 is 2.59 bits per heavy atom. The average Bonchev–Trinajstić information content (AvgIpc) is 3.55. The molecule has 0 aliphatic carbocycles. The van der Waals surface area contributed by atoms with Gasteiger partial charge >= 0.3 is 6.01 Å². The first kappa shape index (κ1) is 25.7. The van der Waals surface area contributed by atoms with Gasteiger partial charge in [0.05, 0.1) is 17.1 Å². The molecule has 2 aromatic carbocycles. The summed E-state index contributed by atoms with van der Waals surface area (Å²) in [6, 6.07) is 7.41. The average molecular weight is 541 g/mol. The van der Waals surface area contributed by atoms with Crippen LogP contribution in [-0.4, -0.2) is 44.9 Å². The van der Waals surface area contributed by atoms with Crippen LogP contribution >= 0.6 is 0 Å². The molecule has 2 aromatic heterocycles. The second kappa shape index (κ2) is 10.2. The van der Waals surface area contributed by atoms with E-state index in [0.29, 0.717) is 36.8 Å². The first-order chi connectivity index (χ1) is 18.8. The molecule has 2 N–H and O–H groups in total. The Bertz CT molecular complexity index is 1500. The van der Waals surface area contributed by atoms with E-state index in [-0.39, 0.29) is 11.7 Å². The number of anilines is 1. The van der Waals surface area contributed by atoms with Crippen LogP contribution in [0.1, 0.15) is 49.8 Å². The Balaban J connectivity index is 1.14. The minimum Gasteiger partial charge on any atom is -0.490 e. The van der Waals surface area contributed by atoms with E-state index in [4.69, 9.17) is 20.0 Å². The molecule has 39 heavy (non-hydrogen) atoms. The second-order valence-electron chi connectivity index (χ2n) is 10.5. The Kier molecular flexibility index (Phi) is 6.70. The van der Waals surface area contributed by atoms with Crippen LogP contribution in [0, 0.1) is 23.4 Å². The van der Waals surface area contributed by atoms with Crippen LogP contribution in [0.15, 0.2) is 34.9 Å². The van der Waals surface area contributed by atoms with Crippen molar-refractivity contribution in [3.63, 3.8) is 0 Å². The molecule has 0 spiro atoms. The third-order valence-corrected chi connectivity index (χ3v) is 8.12. The lowest BCUT2D eigenvalue weighted by molar-refractivity contribution is 0.132. The molecule has 6 rings (SSSR count). The monoisotopic (exact) mass is 540 g/mol. The van der Waals surface area contributed by atoms with Crippen LogP contribution in [0.25, 0.3) is 11.0 Å². The third kappa shape index (κ3) is 4.84. The Morgan fingerprint density at radius 2 is 1.85 bits per heavy atom. The van der Waals surface area contributed by atoms with Crippen molar-refractivity contribution in [1.82, 2.24) is 19.7 Å². The van der Waals surface area contributed by atoms with Gasteiger partial charge in [0.1, 0.15) is 17.4 Å². The minimum absolute atomic E-state index is 0.00452. The van der Waals surface area contributed by atoms with Crippen LogP contribution in [0.2, 0.25) is 0 Å². The first-order valence-corrected chi connectivity index (χ1v) is 13.4. The number of imidazole rings is 1. The van der Waals surface area contributed by atoms with Gasteiger partial charge in [-0.15, -0.1) is 0 Å². The molecule has 1 fully saturated rings. The lowest BCUT2D eigenvalue weighted by atomic mass is 9.86. The topological polar surface area (TPSA) is 95.2 Å². The molecule has 2 aliphatic heterocycles. The van der Waals surface area contributed by atoms with Gasteiger partial charge in [0, 0.05) is 56.6 Å². The molecule has 8 nitrogen and oxygen atoms in total. The van der Waals surface area contributed by atoms with Crippen molar-refractivity contribution in [3.8, 4) is 5.75 Å². The fraction of sp³-hybridized carbons (Fsp3) is 0.464. The predicted octanol–water partition coefficient (Wildman–Crippen LogP) is 4.75. The maximum atomic E-state index is 14.5. The van der Waals surface area contributed by atoms with Crippen molar-refractivity contribution >= 4 is 17.0 Å². The lowest BCUT2D eigenvalue weighted by Gasteiger charge is -2.33. The highest BCUT2D eigenvalue weighted by atomic mass is 19.2. The van der Waals surface area contributed by atoms with Crippen molar-refractivity contribution in [2.45, 2.75) is 64.1 Å².